The van der Waals surface area contributed by atoms with Crippen molar-refractivity contribution >= 4 is 40.3 Å². The molecule has 1 N–H and O–H groups in total. The standard InChI is InChI=1S/C26H27ClF5N3/c1-4-35(5-2)12-6-7-15(3)33-21-14-17(34-20-13-16(27)8-10-18(20)21)9-11-19-22(28)24(30)26(32)25(31)23(19)29/h8-11,13-15H,4-7,12H2,1-3H3,(H,33,34)/b11-9+. The highest BCUT2D eigenvalue weighted by atomic mass is 35.5. The van der Waals surface area contributed by atoms with E-state index in [9.17, 15) is 22.0 Å². The number of nitrogens with zero attached hydrogens (tertiary/aromatic N) is 2. The zero-order chi connectivity index (χ0) is 25.7. The summed E-state index contributed by atoms with van der Waals surface area (Å²) in [6, 6.07) is 6.96. The number of aromatic nitrogens is 1. The molecule has 188 valence electrons. The first kappa shape index (κ1) is 26.9. The molecule has 0 aliphatic heterocycles. The van der Waals surface area contributed by atoms with Crippen molar-refractivity contribution in [2.45, 2.75) is 39.7 Å². The van der Waals surface area contributed by atoms with E-state index in [1.165, 1.54) is 6.08 Å². The number of anilines is 1. The van der Waals surface area contributed by atoms with Gasteiger partial charge in [0.2, 0.25) is 5.82 Å². The first-order valence-corrected chi connectivity index (χ1v) is 11.8. The van der Waals surface area contributed by atoms with Gasteiger partial charge in [-0.25, -0.2) is 26.9 Å². The summed E-state index contributed by atoms with van der Waals surface area (Å²) in [4.78, 5) is 6.77. The van der Waals surface area contributed by atoms with Crippen LogP contribution in [0.25, 0.3) is 23.1 Å². The molecule has 2 aromatic carbocycles. The second-order valence-electron chi connectivity index (χ2n) is 8.29. The average molecular weight is 512 g/mol. The Morgan fingerprint density at radius 3 is 2.20 bits per heavy atom. The highest BCUT2D eigenvalue weighted by molar-refractivity contribution is 6.31. The lowest BCUT2D eigenvalue weighted by atomic mass is 10.1. The van der Waals surface area contributed by atoms with Gasteiger partial charge in [0.25, 0.3) is 0 Å². The predicted octanol–water partition coefficient (Wildman–Crippen LogP) is 7.68. The molecule has 9 heteroatoms. The van der Waals surface area contributed by atoms with Crippen molar-refractivity contribution in [3.05, 3.63) is 69.6 Å². The van der Waals surface area contributed by atoms with Crippen LogP contribution in [0.3, 0.4) is 0 Å². The summed E-state index contributed by atoms with van der Waals surface area (Å²) in [6.07, 6.45) is 3.93. The van der Waals surface area contributed by atoms with Gasteiger partial charge in [0.05, 0.1) is 16.8 Å². The van der Waals surface area contributed by atoms with E-state index >= 15 is 0 Å². The normalized spacial score (nSPS) is 12.7. The molecule has 0 saturated heterocycles. The summed E-state index contributed by atoms with van der Waals surface area (Å²) in [5.41, 5.74) is 0.476. The lowest BCUT2D eigenvalue weighted by molar-refractivity contribution is 0.295. The Morgan fingerprint density at radius 2 is 1.57 bits per heavy atom. The zero-order valence-corrected chi connectivity index (χ0v) is 20.5. The second kappa shape index (κ2) is 11.8. The molecule has 1 unspecified atom stereocenters. The maximum absolute atomic E-state index is 14.1. The van der Waals surface area contributed by atoms with Crippen LogP contribution >= 0.6 is 11.6 Å². The maximum Gasteiger partial charge on any atom is 0.200 e. The number of rotatable bonds is 10. The monoisotopic (exact) mass is 511 g/mol. The van der Waals surface area contributed by atoms with Gasteiger partial charge >= 0.3 is 0 Å². The van der Waals surface area contributed by atoms with Gasteiger partial charge in [-0.1, -0.05) is 25.4 Å². The third kappa shape index (κ3) is 6.30. The Morgan fingerprint density at radius 1 is 0.943 bits per heavy atom. The molecule has 0 fully saturated rings. The highest BCUT2D eigenvalue weighted by Gasteiger charge is 2.24. The van der Waals surface area contributed by atoms with Crippen LogP contribution in [0.4, 0.5) is 27.6 Å². The number of hydrogen-bond donors (Lipinski definition) is 1. The molecule has 0 aliphatic rings. The number of halogens is 6. The minimum atomic E-state index is -2.20. The second-order valence-corrected chi connectivity index (χ2v) is 8.72. The predicted molar refractivity (Wildman–Crippen MR) is 132 cm³/mol. The minimum Gasteiger partial charge on any atom is -0.382 e. The Balaban J connectivity index is 1.91. The summed E-state index contributed by atoms with van der Waals surface area (Å²) in [6.45, 7) is 9.28. The molecule has 1 atom stereocenters. The number of pyridine rings is 1. The average Bonchev–Trinajstić information content (AvgIpc) is 2.84. The summed E-state index contributed by atoms with van der Waals surface area (Å²) >= 11 is 6.12. The number of hydrogen-bond acceptors (Lipinski definition) is 3. The van der Waals surface area contributed by atoms with Crippen LogP contribution in [0.1, 0.15) is 44.9 Å². The van der Waals surface area contributed by atoms with Crippen molar-refractivity contribution < 1.29 is 22.0 Å². The van der Waals surface area contributed by atoms with Crippen molar-refractivity contribution in [2.75, 3.05) is 25.0 Å². The molecule has 1 aromatic heterocycles. The van der Waals surface area contributed by atoms with Crippen LogP contribution in [0, 0.1) is 29.1 Å². The van der Waals surface area contributed by atoms with Crippen LogP contribution in [-0.4, -0.2) is 35.6 Å². The zero-order valence-electron chi connectivity index (χ0n) is 19.7. The molecular formula is C26H27ClF5N3. The summed E-state index contributed by atoms with van der Waals surface area (Å²) in [5.74, 6) is -9.99. The molecule has 0 radical (unpaired) electrons. The van der Waals surface area contributed by atoms with E-state index in [1.807, 2.05) is 6.07 Å². The van der Waals surface area contributed by atoms with Gasteiger partial charge in [-0.3, -0.25) is 0 Å². The van der Waals surface area contributed by atoms with Crippen LogP contribution in [0.2, 0.25) is 5.02 Å². The van der Waals surface area contributed by atoms with Crippen LogP contribution in [0.15, 0.2) is 24.3 Å². The fourth-order valence-corrected chi connectivity index (χ4v) is 4.03. The lowest BCUT2D eigenvalue weighted by Gasteiger charge is -2.21. The number of nitrogens with one attached hydrogen (secondary N) is 1. The molecular weight excluding hydrogens is 485 g/mol. The molecule has 3 nitrogen and oxygen atoms in total. The van der Waals surface area contributed by atoms with Crippen molar-refractivity contribution in [3.63, 3.8) is 0 Å². The highest BCUT2D eigenvalue weighted by Crippen LogP contribution is 2.29. The Labute approximate surface area is 206 Å². The molecule has 3 rings (SSSR count). The minimum absolute atomic E-state index is 0.110. The lowest BCUT2D eigenvalue weighted by Crippen LogP contribution is -2.25. The van der Waals surface area contributed by atoms with E-state index in [0.717, 1.165) is 49.6 Å². The van der Waals surface area contributed by atoms with Gasteiger partial charge in [0.15, 0.2) is 23.3 Å². The summed E-state index contributed by atoms with van der Waals surface area (Å²) in [5, 5.41) is 4.69. The van der Waals surface area contributed by atoms with E-state index in [2.05, 4.69) is 36.0 Å². The molecule has 1 heterocycles. The van der Waals surface area contributed by atoms with E-state index in [-0.39, 0.29) is 11.7 Å². The molecule has 0 bridgehead atoms. The topological polar surface area (TPSA) is 28.2 Å². The molecule has 0 spiro atoms. The number of fused-ring (bicyclic) bond motifs is 1. The smallest absolute Gasteiger partial charge is 0.200 e. The summed E-state index contributed by atoms with van der Waals surface area (Å²) in [7, 11) is 0. The first-order chi connectivity index (χ1) is 16.7. The molecule has 0 saturated carbocycles. The van der Waals surface area contributed by atoms with E-state index < -0.39 is 34.6 Å². The van der Waals surface area contributed by atoms with E-state index in [0.29, 0.717) is 10.5 Å². The van der Waals surface area contributed by atoms with Gasteiger partial charge in [0.1, 0.15) is 0 Å². The van der Waals surface area contributed by atoms with E-state index in [1.54, 1.807) is 18.2 Å². The van der Waals surface area contributed by atoms with Gasteiger partial charge < -0.3 is 10.2 Å². The fraction of sp³-hybridized carbons (Fsp3) is 0.346. The van der Waals surface area contributed by atoms with Gasteiger partial charge in [-0.15, -0.1) is 0 Å². The fourth-order valence-electron chi connectivity index (χ4n) is 3.86. The number of benzene rings is 2. The van der Waals surface area contributed by atoms with Crippen molar-refractivity contribution in [1.82, 2.24) is 9.88 Å². The first-order valence-electron chi connectivity index (χ1n) is 11.4. The largest absolute Gasteiger partial charge is 0.382 e. The summed E-state index contributed by atoms with van der Waals surface area (Å²) < 4.78 is 68.6. The van der Waals surface area contributed by atoms with Crippen LogP contribution < -0.4 is 5.32 Å². The Bertz CT molecular complexity index is 1200. The van der Waals surface area contributed by atoms with Gasteiger partial charge in [-0.05, 0) is 75.8 Å². The van der Waals surface area contributed by atoms with Gasteiger partial charge in [-0.2, -0.15) is 0 Å². The van der Waals surface area contributed by atoms with E-state index in [4.69, 9.17) is 11.6 Å². The van der Waals surface area contributed by atoms with Crippen LogP contribution in [-0.2, 0) is 0 Å². The molecule has 35 heavy (non-hydrogen) atoms. The quantitative estimate of drug-likeness (QED) is 0.172. The van der Waals surface area contributed by atoms with Gasteiger partial charge in [0, 0.05) is 22.1 Å². The molecule has 0 amide bonds. The van der Waals surface area contributed by atoms with Crippen molar-refractivity contribution in [3.8, 4) is 0 Å². The molecule has 0 aliphatic carbocycles. The third-order valence-corrected chi connectivity index (χ3v) is 6.10. The SMILES string of the molecule is CCN(CC)CCCC(C)Nc1cc(/C=C/c2c(F)c(F)c(F)c(F)c2F)nc2cc(Cl)ccc12. The van der Waals surface area contributed by atoms with Crippen molar-refractivity contribution in [1.29, 1.82) is 0 Å². The Kier molecular flexibility index (Phi) is 9.08. The maximum atomic E-state index is 14.1. The van der Waals surface area contributed by atoms with Crippen LogP contribution in [0.5, 0.6) is 0 Å². The third-order valence-electron chi connectivity index (χ3n) is 5.86. The molecule has 3 aromatic rings. The Hall–Kier alpha value is -2.71. The van der Waals surface area contributed by atoms with Crippen molar-refractivity contribution in [2.24, 2.45) is 0 Å².